The zero-order valence-corrected chi connectivity index (χ0v) is 7.39. The molecule has 0 spiro atoms. The maximum Gasteiger partial charge on any atom is 0.254 e. The van der Waals surface area contributed by atoms with Gasteiger partial charge >= 0.3 is 0 Å². The lowest BCUT2D eigenvalue weighted by molar-refractivity contribution is -0.124. The molecule has 0 fully saturated rings. The highest BCUT2D eigenvalue weighted by molar-refractivity contribution is 6.16. The predicted molar refractivity (Wildman–Crippen MR) is 45.3 cm³/mol. The van der Waals surface area contributed by atoms with E-state index in [0.717, 1.165) is 12.8 Å². The van der Waals surface area contributed by atoms with E-state index in [0.29, 0.717) is 5.57 Å². The van der Waals surface area contributed by atoms with Crippen LogP contribution in [-0.4, -0.2) is 11.8 Å². The molecule has 0 aromatic carbocycles. The fraction of sp³-hybridized carbons (Fsp3) is 0.556. The van der Waals surface area contributed by atoms with Crippen LogP contribution in [0, 0.1) is 5.92 Å². The molecular formula is C9H13NO2. The first kappa shape index (κ1) is 8.97. The molecule has 3 heteroatoms. The van der Waals surface area contributed by atoms with Gasteiger partial charge in [-0.2, -0.15) is 0 Å². The van der Waals surface area contributed by atoms with Crippen molar-refractivity contribution in [1.82, 2.24) is 5.32 Å². The third-order valence-corrected chi connectivity index (χ3v) is 2.04. The summed E-state index contributed by atoms with van der Waals surface area (Å²) in [6, 6.07) is 0. The molecule has 3 nitrogen and oxygen atoms in total. The maximum atomic E-state index is 11.1. The summed E-state index contributed by atoms with van der Waals surface area (Å²) in [6.07, 6.45) is 3.38. The van der Waals surface area contributed by atoms with E-state index in [1.54, 1.807) is 0 Å². The third kappa shape index (κ3) is 1.72. The highest BCUT2D eigenvalue weighted by Crippen LogP contribution is 2.18. The van der Waals surface area contributed by atoms with Crippen LogP contribution in [0.5, 0.6) is 0 Å². The van der Waals surface area contributed by atoms with Crippen molar-refractivity contribution in [3.05, 3.63) is 11.6 Å². The fourth-order valence-electron chi connectivity index (χ4n) is 1.38. The topological polar surface area (TPSA) is 46.2 Å². The summed E-state index contributed by atoms with van der Waals surface area (Å²) >= 11 is 0. The number of hydrogen-bond acceptors (Lipinski definition) is 2. The van der Waals surface area contributed by atoms with E-state index in [4.69, 9.17) is 0 Å². The Hall–Kier alpha value is -1.12. The van der Waals surface area contributed by atoms with Crippen LogP contribution in [0.25, 0.3) is 0 Å². The van der Waals surface area contributed by atoms with Crippen LogP contribution < -0.4 is 5.32 Å². The molecule has 0 saturated carbocycles. The summed E-state index contributed by atoms with van der Waals surface area (Å²) in [5, 5.41) is 2.24. The van der Waals surface area contributed by atoms with E-state index in [9.17, 15) is 9.59 Å². The Morgan fingerprint density at radius 1 is 1.50 bits per heavy atom. The van der Waals surface area contributed by atoms with Gasteiger partial charge in [-0.25, -0.2) is 0 Å². The van der Waals surface area contributed by atoms with Crippen molar-refractivity contribution in [2.24, 2.45) is 5.92 Å². The van der Waals surface area contributed by atoms with E-state index < -0.39 is 0 Å². The van der Waals surface area contributed by atoms with Gasteiger partial charge in [0, 0.05) is 11.6 Å². The molecule has 0 saturated heterocycles. The second-order valence-corrected chi connectivity index (χ2v) is 3.11. The van der Waals surface area contributed by atoms with Crippen molar-refractivity contribution >= 4 is 11.8 Å². The van der Waals surface area contributed by atoms with Crippen molar-refractivity contribution in [3.8, 4) is 0 Å². The summed E-state index contributed by atoms with van der Waals surface area (Å²) in [5.74, 6) is -0.305. The molecule has 0 aliphatic carbocycles. The molecule has 2 amide bonds. The first-order valence-corrected chi connectivity index (χ1v) is 4.22. The molecule has 0 bridgehead atoms. The minimum absolute atomic E-state index is 0.196. The van der Waals surface area contributed by atoms with Gasteiger partial charge in [-0.15, -0.1) is 0 Å². The average Bonchev–Trinajstić information content (AvgIpc) is 2.30. The standard InChI is InChI=1S/C9H13NO2/c1-3-4-6(2)7-5-8(11)10-9(7)12/h5-6H,3-4H2,1-2H3,(H,10,11,12). The van der Waals surface area contributed by atoms with Gasteiger partial charge in [-0.05, 0) is 12.3 Å². The second-order valence-electron chi connectivity index (χ2n) is 3.11. The molecule has 12 heavy (non-hydrogen) atoms. The van der Waals surface area contributed by atoms with Crippen LogP contribution in [0.4, 0.5) is 0 Å². The van der Waals surface area contributed by atoms with Crippen LogP contribution in [0.3, 0.4) is 0 Å². The minimum atomic E-state index is -0.280. The van der Waals surface area contributed by atoms with Gasteiger partial charge in [0.2, 0.25) is 0 Å². The first-order valence-electron chi connectivity index (χ1n) is 4.22. The van der Waals surface area contributed by atoms with E-state index in [1.165, 1.54) is 6.08 Å². The molecule has 1 aliphatic heterocycles. The number of imide groups is 1. The molecule has 1 atom stereocenters. The predicted octanol–water partition coefficient (Wildman–Crippen LogP) is 1.01. The summed E-state index contributed by atoms with van der Waals surface area (Å²) in [6.45, 7) is 4.03. The van der Waals surface area contributed by atoms with E-state index in [2.05, 4.69) is 12.2 Å². The molecule has 1 N–H and O–H groups in total. The molecule has 1 unspecified atom stereocenters. The largest absolute Gasteiger partial charge is 0.289 e. The normalized spacial score (nSPS) is 19.0. The molecule has 1 aliphatic rings. The Balaban J connectivity index is 2.67. The monoisotopic (exact) mass is 167 g/mol. The van der Waals surface area contributed by atoms with Gasteiger partial charge in [0.05, 0.1) is 0 Å². The van der Waals surface area contributed by atoms with Gasteiger partial charge in [-0.3, -0.25) is 14.9 Å². The number of nitrogens with one attached hydrogen (secondary N) is 1. The van der Waals surface area contributed by atoms with Gasteiger partial charge < -0.3 is 0 Å². The maximum absolute atomic E-state index is 11.1. The molecule has 0 aromatic heterocycles. The van der Waals surface area contributed by atoms with Crippen molar-refractivity contribution < 1.29 is 9.59 Å². The third-order valence-electron chi connectivity index (χ3n) is 2.04. The van der Waals surface area contributed by atoms with Crippen molar-refractivity contribution in [1.29, 1.82) is 0 Å². The lowest BCUT2D eigenvalue weighted by atomic mass is 9.97. The number of carbonyl (C=O) groups excluding carboxylic acids is 2. The summed E-state index contributed by atoms with van der Waals surface area (Å²) in [7, 11) is 0. The molecule has 0 radical (unpaired) electrons. The fourth-order valence-corrected chi connectivity index (χ4v) is 1.38. The lowest BCUT2D eigenvalue weighted by Crippen LogP contribution is -2.23. The zero-order chi connectivity index (χ0) is 9.14. The average molecular weight is 167 g/mol. The van der Waals surface area contributed by atoms with Crippen LogP contribution in [0.1, 0.15) is 26.7 Å². The van der Waals surface area contributed by atoms with Gasteiger partial charge in [-0.1, -0.05) is 20.3 Å². The van der Waals surface area contributed by atoms with E-state index in [1.807, 2.05) is 6.92 Å². The minimum Gasteiger partial charge on any atom is -0.289 e. The molecule has 1 heterocycles. The quantitative estimate of drug-likeness (QED) is 0.637. The lowest BCUT2D eigenvalue weighted by Gasteiger charge is -2.08. The van der Waals surface area contributed by atoms with Crippen molar-refractivity contribution in [2.75, 3.05) is 0 Å². The van der Waals surface area contributed by atoms with Crippen LogP contribution in [0.15, 0.2) is 11.6 Å². The highest BCUT2D eigenvalue weighted by atomic mass is 16.2. The van der Waals surface area contributed by atoms with Crippen molar-refractivity contribution in [2.45, 2.75) is 26.7 Å². The molecular weight excluding hydrogens is 154 g/mol. The van der Waals surface area contributed by atoms with Gasteiger partial charge in [0.15, 0.2) is 0 Å². The first-order chi connectivity index (χ1) is 5.65. The van der Waals surface area contributed by atoms with Crippen LogP contribution >= 0.6 is 0 Å². The van der Waals surface area contributed by atoms with Gasteiger partial charge in [0.25, 0.3) is 11.8 Å². The summed E-state index contributed by atoms with van der Waals surface area (Å²) in [5.41, 5.74) is 0.627. The van der Waals surface area contributed by atoms with E-state index >= 15 is 0 Å². The molecule has 0 aromatic rings. The molecule has 1 rings (SSSR count). The Bertz CT molecular complexity index is 243. The Morgan fingerprint density at radius 2 is 2.17 bits per heavy atom. The number of amides is 2. The smallest absolute Gasteiger partial charge is 0.254 e. The zero-order valence-electron chi connectivity index (χ0n) is 7.39. The molecule has 66 valence electrons. The number of hydrogen-bond donors (Lipinski definition) is 1. The Labute approximate surface area is 71.8 Å². The summed E-state index contributed by atoms with van der Waals surface area (Å²) < 4.78 is 0. The van der Waals surface area contributed by atoms with Crippen LogP contribution in [0.2, 0.25) is 0 Å². The van der Waals surface area contributed by atoms with Crippen LogP contribution in [-0.2, 0) is 9.59 Å². The van der Waals surface area contributed by atoms with Crippen molar-refractivity contribution in [3.63, 3.8) is 0 Å². The summed E-state index contributed by atoms with van der Waals surface area (Å²) in [4.78, 5) is 21.9. The highest BCUT2D eigenvalue weighted by Gasteiger charge is 2.24. The number of carbonyl (C=O) groups is 2. The van der Waals surface area contributed by atoms with E-state index in [-0.39, 0.29) is 17.7 Å². The number of rotatable bonds is 3. The Kier molecular flexibility index (Phi) is 2.63. The van der Waals surface area contributed by atoms with Gasteiger partial charge in [0.1, 0.15) is 0 Å². The Morgan fingerprint density at radius 3 is 2.58 bits per heavy atom. The SMILES string of the molecule is CCCC(C)C1=CC(=O)NC1=O. The second kappa shape index (κ2) is 3.52.